The Hall–Kier alpha value is -3.15. The predicted octanol–water partition coefficient (Wildman–Crippen LogP) is 2.27. The Kier molecular flexibility index (Phi) is 4.04. The van der Waals surface area contributed by atoms with Crippen molar-refractivity contribution < 1.29 is 24.1 Å². The van der Waals surface area contributed by atoms with Crippen LogP contribution < -0.4 is 15.2 Å². The van der Waals surface area contributed by atoms with Gasteiger partial charge in [0.05, 0.1) is 20.1 Å². The molecule has 3 rings (SSSR count). The number of benzene rings is 2. The van der Waals surface area contributed by atoms with E-state index in [0.717, 1.165) is 5.56 Å². The van der Waals surface area contributed by atoms with Gasteiger partial charge in [-0.3, -0.25) is 0 Å². The molecule has 6 nitrogen and oxygen atoms in total. The van der Waals surface area contributed by atoms with Crippen LogP contribution in [-0.2, 0) is 9.53 Å². The van der Waals surface area contributed by atoms with Crippen LogP contribution in [0.2, 0.25) is 0 Å². The van der Waals surface area contributed by atoms with Crippen molar-refractivity contribution in [1.82, 2.24) is 0 Å². The first kappa shape index (κ1) is 15.7. The Balaban J connectivity index is 2.22. The van der Waals surface area contributed by atoms with E-state index in [1.165, 1.54) is 19.2 Å². The summed E-state index contributed by atoms with van der Waals surface area (Å²) in [7, 11) is 2.86. The number of nitrogens with two attached hydrogens (primary N) is 1. The lowest BCUT2D eigenvalue weighted by Crippen LogP contribution is -2.26. The highest BCUT2D eigenvalue weighted by Gasteiger charge is 2.35. The largest absolute Gasteiger partial charge is 0.508 e. The smallest absolute Gasteiger partial charge is 0.340 e. The van der Waals surface area contributed by atoms with E-state index >= 15 is 0 Å². The maximum Gasteiger partial charge on any atom is 0.340 e. The first-order valence-electron chi connectivity index (χ1n) is 7.27. The summed E-state index contributed by atoms with van der Waals surface area (Å²) in [5.74, 6) is -0.00810. The summed E-state index contributed by atoms with van der Waals surface area (Å²) in [6, 6.07) is 12.0. The van der Waals surface area contributed by atoms with Crippen molar-refractivity contribution in [1.29, 1.82) is 0 Å². The zero-order valence-electron chi connectivity index (χ0n) is 13.3. The summed E-state index contributed by atoms with van der Waals surface area (Å²) in [4.78, 5) is 12.3. The molecule has 0 amide bonds. The van der Waals surface area contributed by atoms with Gasteiger partial charge in [0.15, 0.2) is 0 Å². The molecule has 1 aliphatic rings. The number of methoxy groups -OCH3 is 2. The minimum atomic E-state index is -0.570. The van der Waals surface area contributed by atoms with Crippen molar-refractivity contribution >= 4 is 5.97 Å². The van der Waals surface area contributed by atoms with Crippen molar-refractivity contribution in [2.24, 2.45) is 5.73 Å². The maximum absolute atomic E-state index is 12.3. The molecule has 124 valence electrons. The normalized spacial score (nSPS) is 16.2. The Bertz CT molecular complexity index is 828. The van der Waals surface area contributed by atoms with Gasteiger partial charge in [-0.15, -0.1) is 0 Å². The second-order valence-corrected chi connectivity index (χ2v) is 5.30. The van der Waals surface area contributed by atoms with Crippen LogP contribution in [0.1, 0.15) is 17.0 Å². The fraction of sp³-hybridized carbons (Fsp3) is 0.167. The Morgan fingerprint density at radius 3 is 2.71 bits per heavy atom. The maximum atomic E-state index is 12.3. The van der Waals surface area contributed by atoms with Crippen molar-refractivity contribution in [3.8, 4) is 17.2 Å². The van der Waals surface area contributed by atoms with E-state index in [1.807, 2.05) is 24.3 Å². The average Bonchev–Trinajstić information content (AvgIpc) is 2.59. The first-order chi connectivity index (χ1) is 11.5. The van der Waals surface area contributed by atoms with Gasteiger partial charge in [-0.2, -0.15) is 0 Å². The molecule has 0 saturated heterocycles. The topological polar surface area (TPSA) is 91.0 Å². The minimum absolute atomic E-state index is 0.0484. The molecule has 2 aromatic carbocycles. The Morgan fingerprint density at radius 2 is 2.00 bits per heavy atom. The van der Waals surface area contributed by atoms with Gasteiger partial charge in [-0.25, -0.2) is 4.79 Å². The van der Waals surface area contributed by atoms with E-state index in [0.29, 0.717) is 17.1 Å². The number of phenolic OH excluding ortho intramolecular Hbond substituents is 1. The highest BCUT2D eigenvalue weighted by Crippen LogP contribution is 2.44. The molecule has 1 unspecified atom stereocenters. The van der Waals surface area contributed by atoms with Gasteiger partial charge in [-0.05, 0) is 23.8 Å². The molecule has 1 atom stereocenters. The quantitative estimate of drug-likeness (QED) is 0.840. The molecule has 1 aliphatic heterocycles. The van der Waals surface area contributed by atoms with E-state index in [1.54, 1.807) is 13.2 Å². The van der Waals surface area contributed by atoms with E-state index in [-0.39, 0.29) is 17.2 Å². The van der Waals surface area contributed by atoms with E-state index in [4.69, 9.17) is 19.9 Å². The molecule has 3 N–H and O–H groups in total. The summed E-state index contributed by atoms with van der Waals surface area (Å²) >= 11 is 0. The molecular weight excluding hydrogens is 310 g/mol. The van der Waals surface area contributed by atoms with Crippen LogP contribution in [0.4, 0.5) is 0 Å². The van der Waals surface area contributed by atoms with Gasteiger partial charge in [0.25, 0.3) is 0 Å². The molecule has 0 aliphatic carbocycles. The molecule has 0 saturated carbocycles. The fourth-order valence-electron chi connectivity index (χ4n) is 2.82. The van der Waals surface area contributed by atoms with Gasteiger partial charge in [0, 0.05) is 11.6 Å². The highest BCUT2D eigenvalue weighted by atomic mass is 16.5. The molecule has 6 heteroatoms. The van der Waals surface area contributed by atoms with Crippen LogP contribution in [0.3, 0.4) is 0 Å². The monoisotopic (exact) mass is 327 g/mol. The molecule has 2 aromatic rings. The standard InChI is InChI=1S/C18H17NO5/c1-22-12-5-3-4-10(8-12)15-13-7-6-11(20)9-14(13)24-17(19)16(15)18(21)23-2/h3-9,15,20H,19H2,1-2H3. The van der Waals surface area contributed by atoms with Crippen LogP contribution in [0.15, 0.2) is 53.9 Å². The lowest BCUT2D eigenvalue weighted by molar-refractivity contribution is -0.136. The third kappa shape index (κ3) is 2.62. The van der Waals surface area contributed by atoms with Crippen LogP contribution in [0.25, 0.3) is 0 Å². The molecule has 24 heavy (non-hydrogen) atoms. The Labute approximate surface area is 139 Å². The molecular formula is C18H17NO5. The first-order valence-corrected chi connectivity index (χ1v) is 7.27. The lowest BCUT2D eigenvalue weighted by atomic mass is 9.83. The minimum Gasteiger partial charge on any atom is -0.508 e. The number of hydrogen-bond acceptors (Lipinski definition) is 6. The molecule has 0 fully saturated rings. The molecule has 1 heterocycles. The summed E-state index contributed by atoms with van der Waals surface area (Å²) in [5, 5.41) is 9.69. The van der Waals surface area contributed by atoms with Crippen LogP contribution in [-0.4, -0.2) is 25.3 Å². The van der Waals surface area contributed by atoms with Crippen molar-refractivity contribution in [3.63, 3.8) is 0 Å². The van der Waals surface area contributed by atoms with Crippen molar-refractivity contribution in [2.75, 3.05) is 14.2 Å². The van der Waals surface area contributed by atoms with Gasteiger partial charge < -0.3 is 25.1 Å². The number of aromatic hydroxyl groups is 1. The third-order valence-electron chi connectivity index (χ3n) is 3.91. The summed E-state index contributed by atoms with van der Waals surface area (Å²) < 4.78 is 15.7. The number of carbonyl (C=O) groups excluding carboxylic acids is 1. The van der Waals surface area contributed by atoms with Crippen LogP contribution in [0.5, 0.6) is 17.2 Å². The van der Waals surface area contributed by atoms with Crippen molar-refractivity contribution in [3.05, 3.63) is 65.0 Å². The van der Waals surface area contributed by atoms with E-state index in [2.05, 4.69) is 0 Å². The van der Waals surface area contributed by atoms with E-state index < -0.39 is 11.9 Å². The average molecular weight is 327 g/mol. The molecule has 0 spiro atoms. The number of carbonyl (C=O) groups is 1. The second kappa shape index (κ2) is 6.16. The second-order valence-electron chi connectivity index (χ2n) is 5.30. The molecule has 0 bridgehead atoms. The van der Waals surface area contributed by atoms with Crippen molar-refractivity contribution in [2.45, 2.75) is 5.92 Å². The predicted molar refractivity (Wildman–Crippen MR) is 86.8 cm³/mol. The summed E-state index contributed by atoms with van der Waals surface area (Å²) in [6.07, 6.45) is 0. The van der Waals surface area contributed by atoms with Crippen LogP contribution in [0, 0.1) is 0 Å². The van der Waals surface area contributed by atoms with E-state index in [9.17, 15) is 9.90 Å². The fourth-order valence-corrected chi connectivity index (χ4v) is 2.82. The summed E-state index contributed by atoms with van der Waals surface area (Å²) in [6.45, 7) is 0. The van der Waals surface area contributed by atoms with Crippen LogP contribution >= 0.6 is 0 Å². The zero-order valence-corrected chi connectivity index (χ0v) is 13.3. The summed E-state index contributed by atoms with van der Waals surface area (Å²) in [5.41, 5.74) is 7.68. The number of rotatable bonds is 3. The molecule has 0 radical (unpaired) electrons. The molecule has 0 aromatic heterocycles. The third-order valence-corrected chi connectivity index (χ3v) is 3.91. The number of esters is 1. The SMILES string of the molecule is COC(=O)C1=C(N)Oc2cc(O)ccc2C1c1cccc(OC)c1. The van der Waals surface area contributed by atoms with Gasteiger partial charge in [-0.1, -0.05) is 18.2 Å². The van der Waals surface area contributed by atoms with Gasteiger partial charge in [0.2, 0.25) is 5.88 Å². The van der Waals surface area contributed by atoms with Gasteiger partial charge in [0.1, 0.15) is 22.8 Å². The number of phenols is 1. The lowest BCUT2D eigenvalue weighted by Gasteiger charge is -2.28. The number of ether oxygens (including phenoxy) is 3. The number of hydrogen-bond donors (Lipinski definition) is 2. The Morgan fingerprint density at radius 1 is 1.21 bits per heavy atom. The highest BCUT2D eigenvalue weighted by molar-refractivity contribution is 5.92. The van der Waals surface area contributed by atoms with Gasteiger partial charge >= 0.3 is 5.97 Å². The zero-order chi connectivity index (χ0) is 17.3. The number of fused-ring (bicyclic) bond motifs is 1.